The maximum atomic E-state index is 13.3. The molecule has 10 nitrogen and oxygen atoms in total. The number of rotatable bonds is 4. The predicted octanol–water partition coefficient (Wildman–Crippen LogP) is 0.892. The standard InChI is InChI=1S/C26H35N3O7/c1-16(21-22(36-21)18-10-8-17(14-30)9-11-18)26(4)24(34)35-12-6-5-7-19(31)27-13-20(32)28-15-25(2,3)23(33)29-26/h5,7-11,16,21-22,30H,6,12-15H2,1-4H3,(H,27,31)(H,28,32)(H,29,33)/b7-5-/t16-,21?,22?,26?/m1/s1. The van der Waals surface area contributed by atoms with Gasteiger partial charge in [-0.05, 0) is 38.0 Å². The Morgan fingerprint density at radius 3 is 2.44 bits per heavy atom. The molecule has 10 heteroatoms. The molecule has 1 aromatic carbocycles. The number of amides is 3. The van der Waals surface area contributed by atoms with Crippen LogP contribution in [-0.2, 0) is 35.3 Å². The van der Waals surface area contributed by atoms with E-state index in [-0.39, 0.29) is 44.9 Å². The van der Waals surface area contributed by atoms with Crippen molar-refractivity contribution in [3.63, 3.8) is 0 Å². The van der Waals surface area contributed by atoms with Crippen molar-refractivity contribution in [1.82, 2.24) is 16.0 Å². The van der Waals surface area contributed by atoms with Crippen LogP contribution < -0.4 is 16.0 Å². The van der Waals surface area contributed by atoms with Crippen LogP contribution in [0, 0.1) is 11.3 Å². The molecule has 4 N–H and O–H groups in total. The number of esters is 1. The molecule has 0 spiro atoms. The minimum Gasteiger partial charge on any atom is -0.464 e. The third-order valence-corrected chi connectivity index (χ3v) is 6.77. The first-order valence-electron chi connectivity index (χ1n) is 12.0. The number of benzene rings is 1. The Balaban J connectivity index is 1.82. The molecule has 3 amide bonds. The van der Waals surface area contributed by atoms with Gasteiger partial charge in [-0.3, -0.25) is 14.4 Å². The highest BCUT2D eigenvalue weighted by molar-refractivity contribution is 5.92. The second kappa shape index (κ2) is 11.2. The van der Waals surface area contributed by atoms with Crippen LogP contribution in [0.3, 0.4) is 0 Å². The van der Waals surface area contributed by atoms with Crippen molar-refractivity contribution in [3.8, 4) is 0 Å². The summed E-state index contributed by atoms with van der Waals surface area (Å²) in [6.07, 6.45) is 2.51. The zero-order valence-electron chi connectivity index (χ0n) is 21.1. The molecule has 1 fully saturated rings. The molecule has 2 aliphatic rings. The Morgan fingerprint density at radius 1 is 1.08 bits per heavy atom. The van der Waals surface area contributed by atoms with E-state index in [0.29, 0.717) is 0 Å². The van der Waals surface area contributed by atoms with E-state index in [1.54, 1.807) is 26.8 Å². The lowest BCUT2D eigenvalue weighted by molar-refractivity contribution is -0.157. The van der Waals surface area contributed by atoms with Crippen LogP contribution in [0.2, 0.25) is 0 Å². The fraction of sp³-hybridized carbons (Fsp3) is 0.538. The Kier molecular flexibility index (Phi) is 8.52. The number of nitrogens with one attached hydrogen (secondary N) is 3. The average Bonchev–Trinajstić information content (AvgIpc) is 3.65. The predicted molar refractivity (Wildman–Crippen MR) is 130 cm³/mol. The average molecular weight is 502 g/mol. The first kappa shape index (κ1) is 27.3. The largest absolute Gasteiger partial charge is 0.464 e. The number of epoxide rings is 1. The van der Waals surface area contributed by atoms with Gasteiger partial charge in [0, 0.05) is 18.9 Å². The highest BCUT2D eigenvalue weighted by Gasteiger charge is 2.55. The van der Waals surface area contributed by atoms with E-state index in [4.69, 9.17) is 9.47 Å². The second-order valence-electron chi connectivity index (χ2n) is 10.1. The van der Waals surface area contributed by atoms with Gasteiger partial charge in [0.05, 0.1) is 31.3 Å². The fourth-order valence-electron chi connectivity index (χ4n) is 3.92. The number of cyclic esters (lactones) is 1. The number of hydrogen-bond acceptors (Lipinski definition) is 7. The van der Waals surface area contributed by atoms with E-state index < -0.39 is 40.6 Å². The van der Waals surface area contributed by atoms with Crippen LogP contribution in [0.15, 0.2) is 36.4 Å². The summed E-state index contributed by atoms with van der Waals surface area (Å²) in [6, 6.07) is 7.37. The van der Waals surface area contributed by atoms with Gasteiger partial charge in [0.2, 0.25) is 17.7 Å². The molecular formula is C26H35N3O7. The number of ether oxygens (including phenoxy) is 2. The summed E-state index contributed by atoms with van der Waals surface area (Å²) < 4.78 is 11.4. The molecule has 1 aromatic rings. The lowest BCUT2D eigenvalue weighted by atomic mass is 9.81. The fourth-order valence-corrected chi connectivity index (χ4v) is 3.92. The summed E-state index contributed by atoms with van der Waals surface area (Å²) in [6.45, 7) is 6.50. The Labute approximate surface area is 210 Å². The van der Waals surface area contributed by atoms with Gasteiger partial charge in [-0.25, -0.2) is 4.79 Å². The molecule has 3 rings (SSSR count). The van der Waals surface area contributed by atoms with Crippen molar-refractivity contribution in [2.45, 2.75) is 58.5 Å². The highest BCUT2D eigenvalue weighted by atomic mass is 16.6. The van der Waals surface area contributed by atoms with Gasteiger partial charge in [-0.2, -0.15) is 0 Å². The monoisotopic (exact) mass is 501 g/mol. The summed E-state index contributed by atoms with van der Waals surface area (Å²) >= 11 is 0. The van der Waals surface area contributed by atoms with E-state index in [1.807, 2.05) is 31.2 Å². The van der Waals surface area contributed by atoms with Gasteiger partial charge < -0.3 is 30.5 Å². The van der Waals surface area contributed by atoms with Gasteiger partial charge in [-0.1, -0.05) is 37.3 Å². The van der Waals surface area contributed by atoms with Crippen molar-refractivity contribution in [1.29, 1.82) is 0 Å². The molecule has 4 atom stereocenters. The summed E-state index contributed by atoms with van der Waals surface area (Å²) in [5, 5.41) is 17.3. The van der Waals surface area contributed by atoms with Crippen molar-refractivity contribution < 1.29 is 33.8 Å². The Morgan fingerprint density at radius 2 is 1.78 bits per heavy atom. The summed E-state index contributed by atoms with van der Waals surface area (Å²) in [4.78, 5) is 50.6. The zero-order chi connectivity index (χ0) is 26.5. The third-order valence-electron chi connectivity index (χ3n) is 6.77. The quantitative estimate of drug-likeness (QED) is 0.354. The molecule has 196 valence electrons. The van der Waals surface area contributed by atoms with E-state index in [1.165, 1.54) is 6.08 Å². The molecule has 0 bridgehead atoms. The smallest absolute Gasteiger partial charge is 0.331 e. The minimum atomic E-state index is -1.42. The SMILES string of the molecule is C[C@H](C1OC1c1ccc(CO)cc1)C1(C)NC(=O)C(C)(C)CNC(=O)CNC(=O)/C=C\CCOC1=O. The maximum absolute atomic E-state index is 13.3. The summed E-state index contributed by atoms with van der Waals surface area (Å²) in [7, 11) is 0. The molecule has 2 heterocycles. The van der Waals surface area contributed by atoms with Crippen LogP contribution in [0.25, 0.3) is 0 Å². The van der Waals surface area contributed by atoms with Crippen LogP contribution in [0.5, 0.6) is 0 Å². The van der Waals surface area contributed by atoms with Crippen LogP contribution in [0.4, 0.5) is 0 Å². The van der Waals surface area contributed by atoms with Gasteiger partial charge in [0.15, 0.2) is 0 Å². The number of carbonyl (C=O) groups excluding carboxylic acids is 4. The van der Waals surface area contributed by atoms with E-state index in [2.05, 4.69) is 16.0 Å². The van der Waals surface area contributed by atoms with Gasteiger partial charge in [0.1, 0.15) is 11.6 Å². The van der Waals surface area contributed by atoms with Crippen molar-refractivity contribution >= 4 is 23.7 Å². The van der Waals surface area contributed by atoms with E-state index in [9.17, 15) is 24.3 Å². The van der Waals surface area contributed by atoms with Crippen molar-refractivity contribution in [2.24, 2.45) is 11.3 Å². The molecule has 3 unspecified atom stereocenters. The molecule has 0 aromatic heterocycles. The normalized spacial score (nSPS) is 29.2. The minimum absolute atomic E-state index is 0.00262. The molecule has 0 radical (unpaired) electrons. The molecule has 0 aliphatic carbocycles. The third kappa shape index (κ3) is 6.50. The van der Waals surface area contributed by atoms with E-state index >= 15 is 0 Å². The van der Waals surface area contributed by atoms with Crippen LogP contribution in [-0.4, -0.2) is 60.1 Å². The highest BCUT2D eigenvalue weighted by Crippen LogP contribution is 2.46. The van der Waals surface area contributed by atoms with Gasteiger partial charge in [-0.15, -0.1) is 0 Å². The van der Waals surface area contributed by atoms with Crippen molar-refractivity contribution in [2.75, 3.05) is 19.7 Å². The number of carbonyl (C=O) groups is 4. The van der Waals surface area contributed by atoms with Gasteiger partial charge >= 0.3 is 5.97 Å². The van der Waals surface area contributed by atoms with Crippen LogP contribution in [0.1, 0.15) is 51.3 Å². The number of aliphatic hydroxyl groups excluding tert-OH is 1. The number of aliphatic hydroxyl groups is 1. The van der Waals surface area contributed by atoms with Crippen molar-refractivity contribution in [3.05, 3.63) is 47.5 Å². The van der Waals surface area contributed by atoms with Gasteiger partial charge in [0.25, 0.3) is 0 Å². The summed E-state index contributed by atoms with van der Waals surface area (Å²) in [5.41, 5.74) is -0.778. The maximum Gasteiger partial charge on any atom is 0.331 e. The molecule has 2 aliphatic heterocycles. The van der Waals surface area contributed by atoms with E-state index in [0.717, 1.165) is 11.1 Å². The molecular weight excluding hydrogens is 466 g/mol. The molecule has 36 heavy (non-hydrogen) atoms. The summed E-state index contributed by atoms with van der Waals surface area (Å²) in [5.74, 6) is -2.38. The molecule has 0 saturated carbocycles. The second-order valence-corrected chi connectivity index (χ2v) is 10.1. The first-order chi connectivity index (χ1) is 17.0. The number of hydrogen-bond donors (Lipinski definition) is 4. The topological polar surface area (TPSA) is 146 Å². The Bertz CT molecular complexity index is 1020. The Hall–Kier alpha value is -3.24. The lowest BCUT2D eigenvalue weighted by Crippen LogP contribution is -2.62. The van der Waals surface area contributed by atoms with Crippen LogP contribution >= 0.6 is 0 Å². The lowest BCUT2D eigenvalue weighted by Gasteiger charge is -2.36. The molecule has 1 saturated heterocycles. The first-order valence-corrected chi connectivity index (χ1v) is 12.0. The zero-order valence-corrected chi connectivity index (χ0v) is 21.1.